The van der Waals surface area contributed by atoms with Crippen LogP contribution in [0.1, 0.15) is 20.3 Å². The van der Waals surface area contributed by atoms with E-state index in [9.17, 15) is 39.9 Å². The van der Waals surface area contributed by atoms with E-state index < -0.39 is 36.6 Å². The molecule has 120 valence electrons. The number of rotatable bonds is 7. The predicted octanol–water partition coefficient (Wildman–Crippen LogP) is 3.32. The Morgan fingerprint density at radius 1 is 1.05 bits per heavy atom. The van der Waals surface area contributed by atoms with E-state index in [-0.39, 0.29) is 12.3 Å². The second-order valence-corrected chi connectivity index (χ2v) is 4.51. The Kier molecular flexibility index (Phi) is 5.79. The van der Waals surface area contributed by atoms with Crippen LogP contribution in [0.15, 0.2) is 0 Å². The number of carbonyl (C=O) groups excluding carboxylic acids is 1. The van der Waals surface area contributed by atoms with Crippen molar-refractivity contribution in [3.05, 3.63) is 0 Å². The molecule has 0 saturated heterocycles. The van der Waals surface area contributed by atoms with Crippen LogP contribution in [0.3, 0.4) is 0 Å². The zero-order chi connectivity index (χ0) is 16.4. The number of hydrogen-bond acceptors (Lipinski definition) is 1. The highest BCUT2D eigenvalue weighted by Gasteiger charge is 2.78. The van der Waals surface area contributed by atoms with E-state index in [1.54, 1.807) is 13.8 Å². The average molecular weight is 315 g/mol. The van der Waals surface area contributed by atoms with Crippen LogP contribution in [0, 0.1) is 5.92 Å². The molecule has 0 heterocycles. The fourth-order valence-electron chi connectivity index (χ4n) is 1.07. The summed E-state index contributed by atoms with van der Waals surface area (Å²) in [7, 11) is 0. The molecule has 0 rings (SSSR count). The van der Waals surface area contributed by atoms with E-state index in [2.05, 4.69) is 0 Å². The molecule has 0 aromatic rings. The summed E-state index contributed by atoms with van der Waals surface area (Å²) in [5, 5.41) is 1.32. The molecule has 0 aliphatic carbocycles. The Morgan fingerprint density at radius 3 is 1.85 bits per heavy atom. The van der Waals surface area contributed by atoms with Gasteiger partial charge in [0.05, 0.1) is 0 Å². The second kappa shape index (κ2) is 6.13. The van der Waals surface area contributed by atoms with Gasteiger partial charge in [0.25, 0.3) is 5.91 Å². The molecule has 0 saturated carbocycles. The van der Waals surface area contributed by atoms with E-state index in [1.807, 2.05) is 0 Å². The molecule has 1 N–H and O–H groups in total. The molecule has 0 aromatic heterocycles. The van der Waals surface area contributed by atoms with Gasteiger partial charge in [0, 0.05) is 6.54 Å². The van der Waals surface area contributed by atoms with Crippen LogP contribution in [0.25, 0.3) is 0 Å². The number of amides is 1. The van der Waals surface area contributed by atoms with Crippen LogP contribution in [0.2, 0.25) is 0 Å². The molecule has 0 unspecified atom stereocenters. The fraction of sp³-hybridized carbons (Fsp3) is 0.900. The van der Waals surface area contributed by atoms with Gasteiger partial charge in [-0.05, 0) is 12.3 Å². The Hall–Kier alpha value is -1.09. The smallest absolute Gasteiger partial charge is 0.351 e. The monoisotopic (exact) mass is 315 g/mol. The lowest BCUT2D eigenvalue weighted by molar-refractivity contribution is -0.327. The molecule has 20 heavy (non-hydrogen) atoms. The van der Waals surface area contributed by atoms with Crippen molar-refractivity contribution in [1.29, 1.82) is 0 Å². The van der Waals surface area contributed by atoms with E-state index in [0.29, 0.717) is 0 Å². The normalized spacial score (nSPS) is 14.0. The molecule has 0 atom stereocenters. The molecular formula is C10H13F8NO. The number of hydrogen-bond donors (Lipinski definition) is 1. The first kappa shape index (κ1) is 18.9. The maximum Gasteiger partial charge on any atom is 0.392 e. The first-order valence-electron chi connectivity index (χ1n) is 5.48. The van der Waals surface area contributed by atoms with E-state index in [0.717, 1.165) is 0 Å². The summed E-state index contributed by atoms with van der Waals surface area (Å²) in [4.78, 5) is 10.8. The van der Waals surface area contributed by atoms with Gasteiger partial charge < -0.3 is 5.32 Å². The van der Waals surface area contributed by atoms with Crippen LogP contribution < -0.4 is 5.32 Å². The number of alkyl halides is 8. The Bertz CT molecular complexity index is 342. The lowest BCUT2D eigenvalue weighted by Gasteiger charge is -2.31. The second-order valence-electron chi connectivity index (χ2n) is 4.51. The summed E-state index contributed by atoms with van der Waals surface area (Å²) < 4.78 is 100. The summed E-state index contributed by atoms with van der Waals surface area (Å²) >= 11 is 0. The molecule has 1 amide bonds. The molecule has 10 heteroatoms. The van der Waals surface area contributed by atoms with Crippen molar-refractivity contribution in [3.8, 4) is 0 Å². The molecule has 0 aromatic carbocycles. The van der Waals surface area contributed by atoms with Gasteiger partial charge >= 0.3 is 24.2 Å². The van der Waals surface area contributed by atoms with Gasteiger partial charge in [-0.3, -0.25) is 4.79 Å². The van der Waals surface area contributed by atoms with Gasteiger partial charge in [0.15, 0.2) is 0 Å². The zero-order valence-electron chi connectivity index (χ0n) is 10.5. The highest BCUT2D eigenvalue weighted by atomic mass is 19.4. The average Bonchev–Trinajstić information content (AvgIpc) is 2.27. The Balaban J connectivity index is 5.05. The third kappa shape index (κ3) is 3.51. The highest BCUT2D eigenvalue weighted by Crippen LogP contribution is 2.48. The van der Waals surface area contributed by atoms with Crippen LogP contribution in [0.5, 0.6) is 0 Å². The van der Waals surface area contributed by atoms with Gasteiger partial charge in [-0.25, -0.2) is 8.78 Å². The van der Waals surface area contributed by atoms with Crippen molar-refractivity contribution in [3.63, 3.8) is 0 Å². The van der Waals surface area contributed by atoms with Crippen molar-refractivity contribution in [2.45, 2.75) is 44.5 Å². The molecule has 0 spiro atoms. The summed E-state index contributed by atoms with van der Waals surface area (Å²) in [5.74, 6) is -21.6. The lowest BCUT2D eigenvalue weighted by atomic mass is 10.0. The molecular weight excluding hydrogens is 302 g/mol. The first-order valence-corrected chi connectivity index (χ1v) is 5.48. The van der Waals surface area contributed by atoms with Crippen LogP contribution in [-0.2, 0) is 4.79 Å². The minimum atomic E-state index is -6.50. The van der Waals surface area contributed by atoms with Crippen molar-refractivity contribution < 1.29 is 39.9 Å². The summed E-state index contributed by atoms with van der Waals surface area (Å²) in [6.45, 7) is 2.79. The summed E-state index contributed by atoms with van der Waals surface area (Å²) in [6, 6.07) is 0. The Morgan fingerprint density at radius 2 is 1.50 bits per heavy atom. The number of halogens is 8. The van der Waals surface area contributed by atoms with Gasteiger partial charge in [0.1, 0.15) is 0 Å². The molecule has 0 bridgehead atoms. The standard InChI is InChI=1S/C10H13F8NO/c1-5(2)3-4-19-7(20)9(15,16)10(17,18)8(13,14)6(11)12/h5-6H,3-4H2,1-2H3,(H,19,20). The van der Waals surface area contributed by atoms with Crippen molar-refractivity contribution >= 4 is 5.91 Å². The van der Waals surface area contributed by atoms with Crippen LogP contribution in [0.4, 0.5) is 35.1 Å². The largest absolute Gasteiger partial charge is 0.392 e. The van der Waals surface area contributed by atoms with Gasteiger partial charge in [-0.15, -0.1) is 0 Å². The van der Waals surface area contributed by atoms with Crippen LogP contribution in [-0.4, -0.2) is 36.6 Å². The summed E-state index contributed by atoms with van der Waals surface area (Å²) in [6.07, 6.45) is -4.91. The summed E-state index contributed by atoms with van der Waals surface area (Å²) in [5.41, 5.74) is 0. The maximum atomic E-state index is 13.0. The topological polar surface area (TPSA) is 29.1 Å². The third-order valence-corrected chi connectivity index (χ3v) is 2.38. The SMILES string of the molecule is CC(C)CCNC(=O)C(F)(F)C(F)(F)C(F)(F)C(F)F. The Labute approximate surface area is 109 Å². The quantitative estimate of drug-likeness (QED) is 0.718. The fourth-order valence-corrected chi connectivity index (χ4v) is 1.07. The molecule has 0 aliphatic rings. The minimum absolute atomic E-state index is 0.0769. The van der Waals surface area contributed by atoms with Gasteiger partial charge in [0.2, 0.25) is 0 Å². The minimum Gasteiger partial charge on any atom is -0.351 e. The third-order valence-electron chi connectivity index (χ3n) is 2.38. The first-order chi connectivity index (χ1) is 8.78. The van der Waals surface area contributed by atoms with E-state index in [1.165, 1.54) is 5.32 Å². The van der Waals surface area contributed by atoms with Gasteiger partial charge in [-0.1, -0.05) is 13.8 Å². The van der Waals surface area contributed by atoms with Crippen LogP contribution >= 0.6 is 0 Å². The lowest BCUT2D eigenvalue weighted by Crippen LogP contribution is -2.63. The molecule has 0 aliphatic heterocycles. The van der Waals surface area contributed by atoms with Crippen molar-refractivity contribution in [2.75, 3.05) is 6.54 Å². The predicted molar refractivity (Wildman–Crippen MR) is 53.3 cm³/mol. The number of carbonyl (C=O) groups is 1. The molecule has 2 nitrogen and oxygen atoms in total. The number of nitrogens with one attached hydrogen (secondary N) is 1. The van der Waals surface area contributed by atoms with E-state index >= 15 is 0 Å². The molecule has 0 radical (unpaired) electrons. The molecule has 0 fully saturated rings. The van der Waals surface area contributed by atoms with E-state index in [4.69, 9.17) is 0 Å². The maximum absolute atomic E-state index is 13.0. The van der Waals surface area contributed by atoms with Gasteiger partial charge in [-0.2, -0.15) is 26.3 Å². The highest BCUT2D eigenvalue weighted by molar-refractivity contribution is 5.84. The van der Waals surface area contributed by atoms with Crippen molar-refractivity contribution in [1.82, 2.24) is 5.32 Å². The zero-order valence-corrected chi connectivity index (χ0v) is 10.5. The van der Waals surface area contributed by atoms with Crippen molar-refractivity contribution in [2.24, 2.45) is 5.92 Å².